The predicted molar refractivity (Wildman–Crippen MR) is 84.2 cm³/mol. The molecule has 3 rings (SSSR count). The lowest BCUT2D eigenvalue weighted by atomic mass is 9.79. The van der Waals surface area contributed by atoms with Crippen molar-refractivity contribution < 1.29 is 18.8 Å². The molecule has 0 bridgehead atoms. The highest BCUT2D eigenvalue weighted by molar-refractivity contribution is 5.85. The second-order valence-corrected chi connectivity index (χ2v) is 4.42. The van der Waals surface area contributed by atoms with Crippen LogP contribution in [0.3, 0.4) is 0 Å². The summed E-state index contributed by atoms with van der Waals surface area (Å²) in [4.78, 5) is 0. The summed E-state index contributed by atoms with van der Waals surface area (Å²) in [7, 11) is 0. The Labute approximate surface area is 140 Å². The number of aliphatic hydroxyl groups is 1. The van der Waals surface area contributed by atoms with Gasteiger partial charge >= 0.3 is 0 Å². The normalized spacial score (nSPS) is 25.6. The maximum absolute atomic E-state index is 11.9. The molecular weight excluding hydrogens is 270 g/mol. The average molecular weight is 300 g/mol. The minimum Gasteiger partial charge on any atom is -0.379 e. The van der Waals surface area contributed by atoms with E-state index in [0.29, 0.717) is 19.4 Å². The second-order valence-electron chi connectivity index (χ2n) is 4.42. The Morgan fingerprint density at radius 3 is 1.90 bits per heavy atom. The minimum absolute atomic E-state index is 0. The Kier molecular flexibility index (Phi) is 2.11. The van der Waals surface area contributed by atoms with Gasteiger partial charge in [-0.25, -0.2) is 0 Å². The molecule has 2 N–H and O–H groups in total. The van der Waals surface area contributed by atoms with Crippen molar-refractivity contribution in [1.29, 1.82) is 0 Å². The maximum Gasteiger partial charge on any atom is 0.130 e. The van der Waals surface area contributed by atoms with Gasteiger partial charge in [-0.2, -0.15) is 0 Å². The standard InChI is InChI=1S/C17H19NO.ClH/c19-17(16-12-7-13-18-16,14-8-3-1-4-9-14)15-10-5-2-6-11-15;/h1-6,8-11,16,18-19H,7,12-13H2;1H/t16-;/m0./s1/i1D,2D,3D,4D,5D,6D,8D,9D,10D,11D;. The van der Waals surface area contributed by atoms with Crippen molar-refractivity contribution in [1.82, 2.24) is 5.32 Å². The number of hydrogen-bond acceptors (Lipinski definition) is 2. The van der Waals surface area contributed by atoms with Crippen LogP contribution in [0.2, 0.25) is 0 Å². The van der Waals surface area contributed by atoms with Gasteiger partial charge < -0.3 is 10.4 Å². The van der Waals surface area contributed by atoms with Gasteiger partial charge in [-0.3, -0.25) is 0 Å². The van der Waals surface area contributed by atoms with E-state index in [1.54, 1.807) is 0 Å². The van der Waals surface area contributed by atoms with Crippen LogP contribution >= 0.6 is 12.4 Å². The van der Waals surface area contributed by atoms with E-state index >= 15 is 0 Å². The lowest BCUT2D eigenvalue weighted by molar-refractivity contribution is 0.0442. The van der Waals surface area contributed by atoms with E-state index in [9.17, 15) is 5.11 Å². The van der Waals surface area contributed by atoms with Gasteiger partial charge in [-0.1, -0.05) is 60.4 Å². The number of halogens is 1. The van der Waals surface area contributed by atoms with Gasteiger partial charge in [-0.15, -0.1) is 12.4 Å². The van der Waals surface area contributed by atoms with E-state index in [4.69, 9.17) is 13.7 Å². The van der Waals surface area contributed by atoms with Crippen LogP contribution in [0.15, 0.2) is 60.4 Å². The predicted octanol–water partition coefficient (Wildman–Crippen LogP) is 3.10. The molecule has 0 spiro atoms. The molecule has 0 amide bonds. The molecule has 1 saturated heterocycles. The van der Waals surface area contributed by atoms with Crippen LogP contribution in [0, 0.1) is 0 Å². The van der Waals surface area contributed by atoms with E-state index < -0.39 is 83.2 Å². The number of rotatable bonds is 3. The third-order valence-corrected chi connectivity index (χ3v) is 3.33. The first kappa shape index (κ1) is 6.61. The summed E-state index contributed by atoms with van der Waals surface area (Å²) in [5.74, 6) is 0. The molecule has 2 aromatic rings. The Hall–Kier alpha value is -1.35. The van der Waals surface area contributed by atoms with Gasteiger partial charge in [0.05, 0.1) is 13.7 Å². The van der Waals surface area contributed by atoms with Gasteiger partial charge in [0, 0.05) is 6.04 Å². The highest BCUT2D eigenvalue weighted by Crippen LogP contribution is 2.36. The summed E-state index contributed by atoms with van der Waals surface area (Å²) in [6, 6.07) is -7.63. The Morgan fingerprint density at radius 2 is 1.50 bits per heavy atom. The summed E-state index contributed by atoms with van der Waals surface area (Å²) in [6.45, 7) is 0.463. The molecule has 0 saturated carbocycles. The van der Waals surface area contributed by atoms with Crippen LogP contribution in [-0.4, -0.2) is 17.7 Å². The van der Waals surface area contributed by atoms with Crippen molar-refractivity contribution in [2.24, 2.45) is 0 Å². The Bertz CT molecular complexity index is 881. The molecule has 3 heteroatoms. The lowest BCUT2D eigenvalue weighted by Gasteiger charge is -2.35. The van der Waals surface area contributed by atoms with Crippen molar-refractivity contribution in [2.45, 2.75) is 24.5 Å². The van der Waals surface area contributed by atoms with Gasteiger partial charge in [0.25, 0.3) is 0 Å². The molecule has 0 aromatic heterocycles. The van der Waals surface area contributed by atoms with Crippen molar-refractivity contribution in [3.05, 3.63) is 71.6 Å². The SMILES string of the molecule is Cl.[2H]c1c([2H])c([2H])c(C(O)(c2c([2H])c([2H])c([2H])c([2H])c2[2H])[C@@H]2CCCN2)c([2H])c1[2H]. The monoisotopic (exact) mass is 299 g/mol. The number of hydrogen-bond donors (Lipinski definition) is 2. The summed E-state index contributed by atoms with van der Waals surface area (Å²) < 4.78 is 80.4. The summed E-state index contributed by atoms with van der Waals surface area (Å²) >= 11 is 0. The number of nitrogens with one attached hydrogen (secondary N) is 1. The molecule has 1 aliphatic rings. The summed E-state index contributed by atoms with van der Waals surface area (Å²) in [6.07, 6.45) is 0.922. The third kappa shape index (κ3) is 2.59. The zero-order valence-corrected chi connectivity index (χ0v) is 11.4. The van der Waals surface area contributed by atoms with Crippen LogP contribution in [0.1, 0.15) is 37.7 Å². The molecule has 1 atom stereocenters. The van der Waals surface area contributed by atoms with Gasteiger partial charge in [0.15, 0.2) is 0 Å². The highest BCUT2D eigenvalue weighted by atomic mass is 35.5. The summed E-state index contributed by atoms with van der Waals surface area (Å²) in [5.41, 5.74) is -3.46. The molecule has 0 aliphatic carbocycles. The topological polar surface area (TPSA) is 32.3 Å². The second kappa shape index (κ2) is 6.40. The van der Waals surface area contributed by atoms with Crippen molar-refractivity contribution in [3.8, 4) is 0 Å². The maximum atomic E-state index is 11.9. The average Bonchev–Trinajstić information content (AvgIpc) is 3.23. The van der Waals surface area contributed by atoms with Crippen molar-refractivity contribution in [2.75, 3.05) is 6.54 Å². The zero-order chi connectivity index (χ0) is 21.8. The number of benzene rings is 2. The first-order valence-corrected chi connectivity index (χ1v) is 6.06. The zero-order valence-electron chi connectivity index (χ0n) is 20.6. The van der Waals surface area contributed by atoms with E-state index in [1.807, 2.05) is 0 Å². The molecule has 1 fully saturated rings. The lowest BCUT2D eigenvalue weighted by Crippen LogP contribution is -2.46. The molecule has 20 heavy (non-hydrogen) atoms. The summed E-state index contributed by atoms with van der Waals surface area (Å²) in [5, 5.41) is 14.8. The molecule has 2 nitrogen and oxygen atoms in total. The first-order chi connectivity index (χ1) is 13.5. The fraction of sp³-hybridized carbons (Fsp3) is 0.294. The van der Waals surface area contributed by atoms with Crippen LogP contribution in [-0.2, 0) is 5.60 Å². The van der Waals surface area contributed by atoms with Crippen LogP contribution in [0.4, 0.5) is 0 Å². The molecule has 106 valence electrons. The first-order valence-electron chi connectivity index (χ1n) is 11.1. The van der Waals surface area contributed by atoms with Crippen LogP contribution < -0.4 is 5.32 Å². The van der Waals surface area contributed by atoms with E-state index in [-0.39, 0.29) is 12.4 Å². The Balaban J connectivity index is 0.00000320. The highest BCUT2D eigenvalue weighted by Gasteiger charge is 2.41. The fourth-order valence-electron chi connectivity index (χ4n) is 2.40. The minimum atomic E-state index is -2.43. The molecule has 1 aliphatic heterocycles. The smallest absolute Gasteiger partial charge is 0.130 e. The molecule has 0 radical (unpaired) electrons. The van der Waals surface area contributed by atoms with E-state index in [0.717, 1.165) is 0 Å². The fourth-order valence-corrected chi connectivity index (χ4v) is 2.40. The van der Waals surface area contributed by atoms with Gasteiger partial charge in [0.1, 0.15) is 5.60 Å². The van der Waals surface area contributed by atoms with Crippen LogP contribution in [0.5, 0.6) is 0 Å². The Morgan fingerprint density at radius 1 is 1.00 bits per heavy atom. The van der Waals surface area contributed by atoms with E-state index in [2.05, 4.69) is 5.32 Å². The van der Waals surface area contributed by atoms with E-state index in [1.165, 1.54) is 0 Å². The third-order valence-electron chi connectivity index (χ3n) is 3.33. The molecule has 1 heterocycles. The van der Waals surface area contributed by atoms with Crippen LogP contribution in [0.25, 0.3) is 0 Å². The quantitative estimate of drug-likeness (QED) is 0.913. The van der Waals surface area contributed by atoms with Crippen molar-refractivity contribution in [3.63, 3.8) is 0 Å². The molecule has 0 unspecified atom stereocenters. The molecular formula is C17H20ClNO. The van der Waals surface area contributed by atoms with Gasteiger partial charge in [-0.05, 0) is 30.5 Å². The largest absolute Gasteiger partial charge is 0.379 e. The molecule has 2 aromatic carbocycles. The van der Waals surface area contributed by atoms with Crippen molar-refractivity contribution >= 4 is 12.4 Å². The van der Waals surface area contributed by atoms with Gasteiger partial charge in [0.2, 0.25) is 0 Å².